The topological polar surface area (TPSA) is 26.0 Å². The quantitative estimate of drug-likeness (QED) is 0.147. The molecular formula is C28H53N2+. The second kappa shape index (κ2) is 21.1. The van der Waals surface area contributed by atoms with Crippen molar-refractivity contribution in [3.63, 3.8) is 0 Å². The normalized spacial score (nSPS) is 11.1. The molecular weight excluding hydrogens is 364 g/mol. The molecule has 0 spiro atoms. The van der Waals surface area contributed by atoms with Gasteiger partial charge in [0.2, 0.25) is 0 Å². The molecule has 0 radical (unpaired) electrons. The molecule has 0 saturated heterocycles. The van der Waals surface area contributed by atoms with Crippen molar-refractivity contribution >= 4 is 0 Å². The van der Waals surface area contributed by atoms with Crippen LogP contribution in [-0.4, -0.2) is 31.7 Å². The first-order valence-corrected chi connectivity index (χ1v) is 12.7. The SMILES string of the molecule is C=CCN.CCCCCCCCCCCCCCCC[N+](C)(C)Cc1ccccc1. The Morgan fingerprint density at radius 2 is 1.13 bits per heavy atom. The van der Waals surface area contributed by atoms with Crippen molar-refractivity contribution in [2.45, 2.75) is 103 Å². The molecule has 30 heavy (non-hydrogen) atoms. The Labute approximate surface area is 189 Å². The molecule has 174 valence electrons. The summed E-state index contributed by atoms with van der Waals surface area (Å²) in [7, 11) is 4.74. The van der Waals surface area contributed by atoms with Crippen LogP contribution in [0, 0.1) is 0 Å². The molecule has 0 aliphatic rings. The molecule has 0 aromatic heterocycles. The number of nitrogens with zero attached hydrogens (tertiary/aromatic N) is 1. The molecule has 2 nitrogen and oxygen atoms in total. The Kier molecular flexibility index (Phi) is 20.3. The van der Waals surface area contributed by atoms with E-state index in [4.69, 9.17) is 5.73 Å². The van der Waals surface area contributed by atoms with Crippen LogP contribution < -0.4 is 5.73 Å². The highest BCUT2D eigenvalue weighted by Crippen LogP contribution is 2.14. The van der Waals surface area contributed by atoms with Gasteiger partial charge in [0.05, 0.1) is 20.6 Å². The van der Waals surface area contributed by atoms with Gasteiger partial charge in [0.25, 0.3) is 0 Å². The summed E-state index contributed by atoms with van der Waals surface area (Å²) >= 11 is 0. The second-order valence-electron chi connectivity index (χ2n) is 9.42. The zero-order chi connectivity index (χ0) is 22.3. The third-order valence-corrected chi connectivity index (χ3v) is 5.74. The van der Waals surface area contributed by atoms with Crippen LogP contribution in [0.4, 0.5) is 0 Å². The minimum Gasteiger partial charge on any atom is -0.327 e. The minimum atomic E-state index is 0.583. The lowest BCUT2D eigenvalue weighted by atomic mass is 10.0. The van der Waals surface area contributed by atoms with Crippen LogP contribution in [0.3, 0.4) is 0 Å². The maximum Gasteiger partial charge on any atom is 0.104 e. The summed E-state index contributed by atoms with van der Waals surface area (Å²) in [6, 6.07) is 10.9. The molecule has 1 rings (SSSR count). The summed E-state index contributed by atoms with van der Waals surface area (Å²) in [6.45, 7) is 8.68. The predicted molar refractivity (Wildman–Crippen MR) is 137 cm³/mol. The molecule has 0 amide bonds. The number of unbranched alkanes of at least 4 members (excludes halogenated alkanes) is 13. The number of quaternary nitrogens is 1. The smallest absolute Gasteiger partial charge is 0.104 e. The first kappa shape index (κ1) is 28.9. The molecule has 0 heterocycles. The number of hydrogen-bond acceptors (Lipinski definition) is 1. The Hall–Kier alpha value is -1.12. The summed E-state index contributed by atoms with van der Waals surface area (Å²) in [5.74, 6) is 0. The number of hydrogen-bond donors (Lipinski definition) is 1. The van der Waals surface area contributed by atoms with Crippen LogP contribution in [0.5, 0.6) is 0 Å². The van der Waals surface area contributed by atoms with Crippen molar-refractivity contribution in [3.8, 4) is 0 Å². The van der Waals surface area contributed by atoms with Gasteiger partial charge >= 0.3 is 0 Å². The van der Waals surface area contributed by atoms with Gasteiger partial charge in [0.15, 0.2) is 0 Å². The molecule has 1 aromatic carbocycles. The zero-order valence-electron chi connectivity index (χ0n) is 20.7. The predicted octanol–water partition coefficient (Wildman–Crippen LogP) is 7.88. The minimum absolute atomic E-state index is 0.583. The van der Waals surface area contributed by atoms with Gasteiger partial charge in [-0.15, -0.1) is 6.58 Å². The van der Waals surface area contributed by atoms with Crippen LogP contribution in [0.1, 0.15) is 102 Å². The van der Waals surface area contributed by atoms with E-state index in [1.807, 2.05) is 0 Å². The van der Waals surface area contributed by atoms with Gasteiger partial charge in [0.1, 0.15) is 6.54 Å². The fraction of sp³-hybridized carbons (Fsp3) is 0.714. The van der Waals surface area contributed by atoms with E-state index in [1.165, 1.54) is 102 Å². The van der Waals surface area contributed by atoms with Crippen molar-refractivity contribution < 1.29 is 4.48 Å². The van der Waals surface area contributed by atoms with Gasteiger partial charge in [-0.05, 0) is 12.8 Å². The number of benzene rings is 1. The summed E-state index contributed by atoms with van der Waals surface area (Å²) in [4.78, 5) is 0. The number of rotatable bonds is 18. The fourth-order valence-electron chi connectivity index (χ4n) is 3.89. The van der Waals surface area contributed by atoms with Crippen LogP contribution in [0.2, 0.25) is 0 Å². The summed E-state index contributed by atoms with van der Waals surface area (Å²) in [5, 5.41) is 0. The van der Waals surface area contributed by atoms with E-state index in [2.05, 4.69) is 57.9 Å². The molecule has 2 N–H and O–H groups in total. The molecule has 0 bridgehead atoms. The fourth-order valence-corrected chi connectivity index (χ4v) is 3.89. The van der Waals surface area contributed by atoms with Crippen molar-refractivity contribution in [2.24, 2.45) is 5.73 Å². The first-order valence-electron chi connectivity index (χ1n) is 12.7. The monoisotopic (exact) mass is 417 g/mol. The first-order chi connectivity index (χ1) is 14.6. The summed E-state index contributed by atoms with van der Waals surface area (Å²) in [5.41, 5.74) is 6.37. The summed E-state index contributed by atoms with van der Waals surface area (Å²) < 4.78 is 1.11. The maximum atomic E-state index is 4.91. The molecule has 0 atom stereocenters. The van der Waals surface area contributed by atoms with Crippen molar-refractivity contribution in [1.82, 2.24) is 0 Å². The highest BCUT2D eigenvalue weighted by atomic mass is 15.3. The van der Waals surface area contributed by atoms with Gasteiger partial charge in [-0.25, -0.2) is 0 Å². The standard InChI is InChI=1S/C25H46N.C3H7N/c1-4-5-6-7-8-9-10-11-12-13-14-15-16-20-23-26(2,3)24-25-21-18-17-19-22-25;1-2-3-4/h17-19,21-22H,4-16,20,23-24H2,1-3H3;2H,1,3-4H2/q+1;. The maximum absolute atomic E-state index is 4.91. The zero-order valence-corrected chi connectivity index (χ0v) is 20.7. The van der Waals surface area contributed by atoms with E-state index >= 15 is 0 Å². The van der Waals surface area contributed by atoms with Crippen LogP contribution >= 0.6 is 0 Å². The average molecular weight is 418 g/mol. The van der Waals surface area contributed by atoms with E-state index in [1.54, 1.807) is 6.08 Å². The highest BCUT2D eigenvalue weighted by molar-refractivity contribution is 5.13. The van der Waals surface area contributed by atoms with E-state index < -0.39 is 0 Å². The van der Waals surface area contributed by atoms with E-state index in [0.29, 0.717) is 6.54 Å². The van der Waals surface area contributed by atoms with Crippen LogP contribution in [0.25, 0.3) is 0 Å². The van der Waals surface area contributed by atoms with Crippen LogP contribution in [0.15, 0.2) is 43.0 Å². The van der Waals surface area contributed by atoms with Gasteiger partial charge in [-0.1, -0.05) is 120 Å². The number of nitrogens with two attached hydrogens (primary N) is 1. The van der Waals surface area contributed by atoms with Crippen molar-refractivity contribution in [1.29, 1.82) is 0 Å². The van der Waals surface area contributed by atoms with E-state index in [9.17, 15) is 0 Å². The van der Waals surface area contributed by atoms with E-state index in [-0.39, 0.29) is 0 Å². The third kappa shape index (κ3) is 20.2. The Bertz CT molecular complexity index is 467. The molecule has 0 unspecified atom stereocenters. The molecule has 0 aliphatic heterocycles. The average Bonchev–Trinajstić information content (AvgIpc) is 2.74. The van der Waals surface area contributed by atoms with Crippen molar-refractivity contribution in [3.05, 3.63) is 48.6 Å². The molecule has 0 fully saturated rings. The second-order valence-corrected chi connectivity index (χ2v) is 9.42. The molecule has 2 heteroatoms. The Balaban J connectivity index is 0.00000192. The van der Waals surface area contributed by atoms with Gasteiger partial charge < -0.3 is 10.2 Å². The lowest BCUT2D eigenvalue weighted by Gasteiger charge is -2.30. The van der Waals surface area contributed by atoms with Crippen molar-refractivity contribution in [2.75, 3.05) is 27.2 Å². The summed E-state index contributed by atoms with van der Waals surface area (Å²) in [6.07, 6.45) is 21.8. The van der Waals surface area contributed by atoms with E-state index in [0.717, 1.165) is 11.0 Å². The molecule has 1 aromatic rings. The Morgan fingerprint density at radius 3 is 1.53 bits per heavy atom. The highest BCUT2D eigenvalue weighted by Gasteiger charge is 2.14. The lowest BCUT2D eigenvalue weighted by molar-refractivity contribution is -0.903. The third-order valence-electron chi connectivity index (χ3n) is 5.74. The Morgan fingerprint density at radius 1 is 0.733 bits per heavy atom. The van der Waals surface area contributed by atoms with Gasteiger partial charge in [-0.2, -0.15) is 0 Å². The lowest BCUT2D eigenvalue weighted by Crippen LogP contribution is -2.39. The molecule has 0 saturated carbocycles. The van der Waals surface area contributed by atoms with Crippen LogP contribution in [-0.2, 0) is 6.54 Å². The molecule has 0 aliphatic carbocycles. The van der Waals surface area contributed by atoms with Gasteiger partial charge in [-0.3, -0.25) is 0 Å². The largest absolute Gasteiger partial charge is 0.327 e. The van der Waals surface area contributed by atoms with Gasteiger partial charge in [0, 0.05) is 12.1 Å².